The van der Waals surface area contributed by atoms with Gasteiger partial charge in [0.1, 0.15) is 5.69 Å². The van der Waals surface area contributed by atoms with Crippen LogP contribution in [0.25, 0.3) is 0 Å². The van der Waals surface area contributed by atoms with Gasteiger partial charge < -0.3 is 10.3 Å². The number of H-pyrrole nitrogens is 1. The SMILES string of the molecule is O=C(NCc1sccc1Br)c1cc(Cl)c[nH]1. The second-order valence-electron chi connectivity index (χ2n) is 3.11. The highest BCUT2D eigenvalue weighted by molar-refractivity contribution is 9.10. The summed E-state index contributed by atoms with van der Waals surface area (Å²) >= 11 is 10.7. The quantitative estimate of drug-likeness (QED) is 0.894. The van der Waals surface area contributed by atoms with Crippen molar-refractivity contribution in [1.82, 2.24) is 10.3 Å². The van der Waals surface area contributed by atoms with Crippen LogP contribution in [0.15, 0.2) is 28.2 Å². The molecule has 0 aliphatic heterocycles. The average Bonchev–Trinajstić information content (AvgIpc) is 2.84. The number of carbonyl (C=O) groups is 1. The summed E-state index contributed by atoms with van der Waals surface area (Å²) in [5, 5.41) is 5.31. The lowest BCUT2D eigenvalue weighted by Gasteiger charge is -2.02. The maximum atomic E-state index is 11.7. The van der Waals surface area contributed by atoms with E-state index in [0.29, 0.717) is 17.3 Å². The Kier molecular flexibility index (Phi) is 3.68. The lowest BCUT2D eigenvalue weighted by atomic mass is 10.4. The van der Waals surface area contributed by atoms with Crippen LogP contribution in [-0.2, 0) is 6.54 Å². The summed E-state index contributed by atoms with van der Waals surface area (Å²) in [4.78, 5) is 15.5. The van der Waals surface area contributed by atoms with Gasteiger partial charge in [0.2, 0.25) is 0 Å². The van der Waals surface area contributed by atoms with Gasteiger partial charge in [0.25, 0.3) is 5.91 Å². The van der Waals surface area contributed by atoms with E-state index in [4.69, 9.17) is 11.6 Å². The Morgan fingerprint density at radius 2 is 2.44 bits per heavy atom. The van der Waals surface area contributed by atoms with Gasteiger partial charge in [-0.05, 0) is 33.4 Å². The third kappa shape index (κ3) is 2.66. The molecule has 2 heterocycles. The van der Waals surface area contributed by atoms with E-state index in [1.807, 2.05) is 11.4 Å². The van der Waals surface area contributed by atoms with Gasteiger partial charge in [-0.2, -0.15) is 0 Å². The number of nitrogens with one attached hydrogen (secondary N) is 2. The summed E-state index contributed by atoms with van der Waals surface area (Å²) in [6.45, 7) is 0.508. The Hall–Kier alpha value is -0.780. The summed E-state index contributed by atoms with van der Waals surface area (Å²) in [6.07, 6.45) is 1.58. The van der Waals surface area contributed by atoms with Gasteiger partial charge in [-0.25, -0.2) is 0 Å². The summed E-state index contributed by atoms with van der Waals surface area (Å²) < 4.78 is 1.02. The molecule has 2 N–H and O–H groups in total. The number of amides is 1. The van der Waals surface area contributed by atoms with Crippen LogP contribution < -0.4 is 5.32 Å². The molecule has 2 rings (SSSR count). The lowest BCUT2D eigenvalue weighted by Crippen LogP contribution is -2.22. The van der Waals surface area contributed by atoms with Crippen molar-refractivity contribution < 1.29 is 4.79 Å². The van der Waals surface area contributed by atoms with Crippen molar-refractivity contribution in [3.05, 3.63) is 43.8 Å². The minimum Gasteiger partial charge on any atom is -0.356 e. The second-order valence-corrected chi connectivity index (χ2v) is 5.40. The van der Waals surface area contributed by atoms with E-state index in [9.17, 15) is 4.79 Å². The van der Waals surface area contributed by atoms with Crippen LogP contribution in [0.3, 0.4) is 0 Å². The molecule has 0 aromatic carbocycles. The van der Waals surface area contributed by atoms with Crippen LogP contribution in [-0.4, -0.2) is 10.9 Å². The summed E-state index contributed by atoms with van der Waals surface area (Å²) in [7, 11) is 0. The van der Waals surface area contributed by atoms with Crippen LogP contribution in [0.5, 0.6) is 0 Å². The van der Waals surface area contributed by atoms with E-state index >= 15 is 0 Å². The molecule has 0 unspecified atom stereocenters. The van der Waals surface area contributed by atoms with E-state index in [1.165, 1.54) is 0 Å². The standard InChI is InChI=1S/C10H8BrClN2OS/c11-7-1-2-16-9(7)5-14-10(15)8-3-6(12)4-13-8/h1-4,13H,5H2,(H,14,15). The van der Waals surface area contributed by atoms with E-state index in [-0.39, 0.29) is 5.91 Å². The Labute approximate surface area is 110 Å². The number of thiophene rings is 1. The molecule has 0 aliphatic carbocycles. The average molecular weight is 320 g/mol. The highest BCUT2D eigenvalue weighted by Gasteiger charge is 2.08. The van der Waals surface area contributed by atoms with Gasteiger partial charge in [0, 0.05) is 15.5 Å². The number of carbonyl (C=O) groups excluding carboxylic acids is 1. The molecule has 0 saturated heterocycles. The Bertz CT molecular complexity index is 508. The monoisotopic (exact) mass is 318 g/mol. The molecule has 0 radical (unpaired) electrons. The molecule has 0 atom stereocenters. The smallest absolute Gasteiger partial charge is 0.268 e. The highest BCUT2D eigenvalue weighted by atomic mass is 79.9. The molecule has 6 heteroatoms. The fourth-order valence-corrected chi connectivity index (χ4v) is 2.80. The van der Waals surface area contributed by atoms with Crippen molar-refractivity contribution in [2.45, 2.75) is 6.54 Å². The number of hydrogen-bond acceptors (Lipinski definition) is 2. The van der Waals surface area contributed by atoms with Crippen LogP contribution in [0, 0.1) is 0 Å². The van der Waals surface area contributed by atoms with Gasteiger partial charge in [-0.1, -0.05) is 11.6 Å². The van der Waals surface area contributed by atoms with E-state index in [1.54, 1.807) is 23.6 Å². The molecule has 0 saturated carbocycles. The second kappa shape index (κ2) is 5.03. The number of aromatic amines is 1. The number of rotatable bonds is 3. The maximum absolute atomic E-state index is 11.7. The Balaban J connectivity index is 1.96. The minimum absolute atomic E-state index is 0.160. The van der Waals surface area contributed by atoms with Gasteiger partial charge >= 0.3 is 0 Å². The predicted octanol–water partition coefficient (Wildman–Crippen LogP) is 3.42. The molecule has 0 aliphatic rings. The fraction of sp³-hybridized carbons (Fsp3) is 0.100. The summed E-state index contributed by atoms with van der Waals surface area (Å²) in [5.41, 5.74) is 0.470. The number of halogens is 2. The first-order valence-electron chi connectivity index (χ1n) is 4.51. The van der Waals surface area contributed by atoms with Gasteiger partial charge in [-0.3, -0.25) is 4.79 Å². The van der Waals surface area contributed by atoms with Crippen molar-refractivity contribution in [2.75, 3.05) is 0 Å². The topological polar surface area (TPSA) is 44.9 Å². The molecule has 16 heavy (non-hydrogen) atoms. The summed E-state index contributed by atoms with van der Waals surface area (Å²) in [6, 6.07) is 3.55. The molecule has 2 aromatic rings. The molecule has 0 bridgehead atoms. The van der Waals surface area contributed by atoms with E-state index < -0.39 is 0 Å². The van der Waals surface area contributed by atoms with Crippen molar-refractivity contribution >= 4 is 44.8 Å². The predicted molar refractivity (Wildman–Crippen MR) is 69.0 cm³/mol. The first-order chi connectivity index (χ1) is 7.66. The highest BCUT2D eigenvalue weighted by Crippen LogP contribution is 2.22. The van der Waals surface area contributed by atoms with Gasteiger partial charge in [-0.15, -0.1) is 11.3 Å². The van der Waals surface area contributed by atoms with Crippen molar-refractivity contribution in [3.63, 3.8) is 0 Å². The van der Waals surface area contributed by atoms with Crippen LogP contribution in [0.2, 0.25) is 5.02 Å². The van der Waals surface area contributed by atoms with Crippen LogP contribution in [0.1, 0.15) is 15.4 Å². The third-order valence-electron chi connectivity index (χ3n) is 1.99. The number of hydrogen-bond donors (Lipinski definition) is 2. The van der Waals surface area contributed by atoms with E-state index in [0.717, 1.165) is 9.35 Å². The zero-order valence-electron chi connectivity index (χ0n) is 8.09. The molecular formula is C10H8BrClN2OS. The van der Waals surface area contributed by atoms with Crippen molar-refractivity contribution in [2.24, 2.45) is 0 Å². The molecule has 84 valence electrons. The number of aromatic nitrogens is 1. The van der Waals surface area contributed by atoms with Gasteiger partial charge in [0.05, 0.1) is 11.6 Å². The maximum Gasteiger partial charge on any atom is 0.268 e. The molecule has 0 fully saturated rings. The third-order valence-corrected chi connectivity index (χ3v) is 4.14. The molecular weight excluding hydrogens is 312 g/mol. The lowest BCUT2D eigenvalue weighted by molar-refractivity contribution is 0.0947. The zero-order chi connectivity index (χ0) is 11.5. The molecule has 3 nitrogen and oxygen atoms in total. The van der Waals surface area contributed by atoms with E-state index in [2.05, 4.69) is 26.2 Å². The fourth-order valence-electron chi connectivity index (χ4n) is 1.21. The zero-order valence-corrected chi connectivity index (χ0v) is 11.2. The van der Waals surface area contributed by atoms with Crippen molar-refractivity contribution in [3.8, 4) is 0 Å². The van der Waals surface area contributed by atoms with Crippen LogP contribution >= 0.6 is 38.9 Å². The summed E-state index contributed by atoms with van der Waals surface area (Å²) in [5.74, 6) is -0.160. The van der Waals surface area contributed by atoms with Crippen molar-refractivity contribution in [1.29, 1.82) is 0 Å². The minimum atomic E-state index is -0.160. The Morgan fingerprint density at radius 3 is 3.00 bits per heavy atom. The largest absolute Gasteiger partial charge is 0.356 e. The normalized spacial score (nSPS) is 10.4. The molecule has 0 spiro atoms. The first-order valence-corrected chi connectivity index (χ1v) is 6.56. The van der Waals surface area contributed by atoms with Gasteiger partial charge in [0.15, 0.2) is 0 Å². The molecule has 1 amide bonds. The first kappa shape index (κ1) is 11.7. The van der Waals surface area contributed by atoms with Crippen LogP contribution in [0.4, 0.5) is 0 Å². The molecule has 2 aromatic heterocycles. The Morgan fingerprint density at radius 1 is 1.62 bits per heavy atom.